The Labute approximate surface area is 200 Å². The van der Waals surface area contributed by atoms with Gasteiger partial charge in [0.1, 0.15) is 22.1 Å². The van der Waals surface area contributed by atoms with Crippen molar-refractivity contribution in [3.63, 3.8) is 0 Å². The normalized spacial score (nSPS) is 26.0. The molecule has 1 aliphatic carbocycles. The Hall–Kier alpha value is -2.24. The number of aliphatic hydroxyl groups is 1. The quantitative estimate of drug-likeness (QED) is 0.462. The molecular weight excluding hydrogens is 464 g/mol. The number of aromatic nitrogens is 3. The molecule has 0 unspecified atom stereocenters. The van der Waals surface area contributed by atoms with Gasteiger partial charge in [-0.15, -0.1) is 11.3 Å². The summed E-state index contributed by atoms with van der Waals surface area (Å²) in [6.07, 6.45) is 0.222. The number of thiazole rings is 1. The van der Waals surface area contributed by atoms with Crippen LogP contribution in [0.5, 0.6) is 0 Å². The molecule has 0 amide bonds. The lowest BCUT2D eigenvalue weighted by atomic mass is 10.1. The number of anilines is 3. The first-order chi connectivity index (χ1) is 15.6. The van der Waals surface area contributed by atoms with Gasteiger partial charge < -0.3 is 30.5 Å². The largest absolute Gasteiger partial charge is 0.396 e. The van der Waals surface area contributed by atoms with Crippen LogP contribution in [0.15, 0.2) is 18.2 Å². The first-order valence-corrected chi connectivity index (χ1v) is 12.0. The van der Waals surface area contributed by atoms with Gasteiger partial charge >= 0.3 is 0 Å². The highest BCUT2D eigenvalue weighted by atomic mass is 35.5. The summed E-state index contributed by atoms with van der Waals surface area (Å²) in [6, 6.07) is 5.96. The summed E-state index contributed by atoms with van der Waals surface area (Å²) in [7, 11) is 4.00. The maximum absolute atomic E-state index is 9.89. The molecule has 2 fully saturated rings. The summed E-state index contributed by atoms with van der Waals surface area (Å²) in [5.41, 5.74) is 8.50. The van der Waals surface area contributed by atoms with Crippen LogP contribution in [0.2, 0.25) is 5.15 Å². The molecule has 176 valence electrons. The summed E-state index contributed by atoms with van der Waals surface area (Å²) >= 11 is 8.09. The Morgan fingerprint density at radius 3 is 2.73 bits per heavy atom. The fourth-order valence-corrected chi connectivity index (χ4v) is 5.99. The fraction of sp³-hybridized carbons (Fsp3) is 0.500. The van der Waals surface area contributed by atoms with E-state index in [-0.39, 0.29) is 41.9 Å². The molecule has 3 heterocycles. The molecule has 1 aromatic carbocycles. The fourth-order valence-electron chi connectivity index (χ4n) is 4.62. The van der Waals surface area contributed by atoms with Gasteiger partial charge in [0.2, 0.25) is 5.95 Å². The second-order valence-electron chi connectivity index (χ2n) is 9.16. The van der Waals surface area contributed by atoms with E-state index in [2.05, 4.69) is 21.4 Å². The lowest BCUT2D eigenvalue weighted by molar-refractivity contribution is -0.158. The number of hydrogen-bond acceptors (Lipinski definition) is 10. The van der Waals surface area contributed by atoms with E-state index in [1.807, 2.05) is 45.0 Å². The number of halogens is 1. The minimum absolute atomic E-state index is 0.0182. The topological polar surface area (TPSA) is 119 Å². The Morgan fingerprint density at radius 1 is 1.24 bits per heavy atom. The van der Waals surface area contributed by atoms with Crippen molar-refractivity contribution in [3.05, 3.63) is 23.4 Å². The van der Waals surface area contributed by atoms with E-state index < -0.39 is 5.79 Å². The number of rotatable bonds is 5. The molecule has 4 atom stereocenters. The van der Waals surface area contributed by atoms with Crippen molar-refractivity contribution in [1.82, 2.24) is 15.0 Å². The number of aliphatic hydroxyl groups excluding tert-OH is 1. The third-order valence-electron chi connectivity index (χ3n) is 6.12. The van der Waals surface area contributed by atoms with Crippen molar-refractivity contribution in [1.29, 1.82) is 0 Å². The molecule has 0 radical (unpaired) electrons. The van der Waals surface area contributed by atoms with Crippen molar-refractivity contribution < 1.29 is 14.6 Å². The monoisotopic (exact) mass is 490 g/mol. The molecule has 1 aliphatic heterocycles. The second kappa shape index (κ2) is 8.21. The Bertz CT molecular complexity index is 1200. The minimum atomic E-state index is -0.717. The standard InChI is InChI=1S/C22H27ClN6O3S/c1-22(2)31-16-10(9-30)7-13(17(16)32-22)25-19-15(18(23)27-21(24)28-19)20-26-12-6-5-11(29(3)4)8-14(12)33-20/h5-6,8,10,13,16-17,30H,7,9H2,1-4H3,(H3,24,25,27,28)/t10-,13-,16-,17+/m1/s1. The number of nitrogens with two attached hydrogens (primary N) is 1. The number of fused-ring (bicyclic) bond motifs is 2. The average Bonchev–Trinajstić information content (AvgIpc) is 3.38. The molecule has 0 bridgehead atoms. The molecule has 4 N–H and O–H groups in total. The number of ether oxygens (including phenoxy) is 2. The molecule has 1 saturated heterocycles. The summed E-state index contributed by atoms with van der Waals surface area (Å²) in [5.74, 6) is -0.195. The van der Waals surface area contributed by atoms with Crippen LogP contribution in [0, 0.1) is 5.92 Å². The number of benzene rings is 1. The molecule has 11 heteroatoms. The third-order valence-corrected chi connectivity index (χ3v) is 7.43. The number of nitrogens with one attached hydrogen (secondary N) is 1. The molecule has 3 aromatic rings. The first kappa shape index (κ1) is 22.5. The van der Waals surface area contributed by atoms with Gasteiger partial charge in [0.25, 0.3) is 0 Å². The van der Waals surface area contributed by atoms with E-state index in [9.17, 15) is 5.11 Å². The molecule has 0 spiro atoms. The lowest BCUT2D eigenvalue weighted by Crippen LogP contribution is -2.35. The zero-order valence-electron chi connectivity index (χ0n) is 18.9. The predicted molar refractivity (Wildman–Crippen MR) is 131 cm³/mol. The summed E-state index contributed by atoms with van der Waals surface area (Å²) in [5, 5.41) is 14.3. The van der Waals surface area contributed by atoms with Gasteiger partial charge in [-0.05, 0) is 38.5 Å². The smallest absolute Gasteiger partial charge is 0.223 e. The molecule has 2 aliphatic rings. The molecular formula is C22H27ClN6O3S. The van der Waals surface area contributed by atoms with E-state index >= 15 is 0 Å². The number of nitrogen functional groups attached to an aromatic ring is 1. The maximum Gasteiger partial charge on any atom is 0.223 e. The van der Waals surface area contributed by atoms with Gasteiger partial charge in [0, 0.05) is 32.3 Å². The van der Waals surface area contributed by atoms with E-state index in [1.54, 1.807) is 0 Å². The van der Waals surface area contributed by atoms with Crippen LogP contribution in [-0.2, 0) is 9.47 Å². The van der Waals surface area contributed by atoms with E-state index in [0.29, 0.717) is 22.8 Å². The van der Waals surface area contributed by atoms with Crippen LogP contribution >= 0.6 is 22.9 Å². The van der Waals surface area contributed by atoms with Crippen molar-refractivity contribution in [3.8, 4) is 10.6 Å². The van der Waals surface area contributed by atoms with Crippen LogP contribution in [0.4, 0.5) is 17.5 Å². The minimum Gasteiger partial charge on any atom is -0.396 e. The zero-order valence-corrected chi connectivity index (χ0v) is 20.4. The SMILES string of the molecule is CN(C)c1ccc2nc(-c3c(Cl)nc(N)nc3N[C@@H]3C[C@H](CO)[C@H]4OC(C)(C)O[C@H]43)sc2c1. The molecule has 9 nitrogen and oxygen atoms in total. The molecule has 33 heavy (non-hydrogen) atoms. The summed E-state index contributed by atoms with van der Waals surface area (Å²) in [4.78, 5) is 15.5. The maximum atomic E-state index is 9.89. The van der Waals surface area contributed by atoms with Crippen molar-refractivity contribution in [2.75, 3.05) is 36.7 Å². The Balaban J connectivity index is 1.53. The van der Waals surface area contributed by atoms with E-state index in [0.717, 1.165) is 15.9 Å². The van der Waals surface area contributed by atoms with Crippen molar-refractivity contribution in [2.24, 2.45) is 5.92 Å². The van der Waals surface area contributed by atoms with Crippen LogP contribution in [0.25, 0.3) is 20.8 Å². The van der Waals surface area contributed by atoms with Gasteiger partial charge in [0.05, 0.1) is 27.9 Å². The predicted octanol–water partition coefficient (Wildman–Crippen LogP) is 3.37. The third kappa shape index (κ3) is 4.10. The lowest BCUT2D eigenvalue weighted by Gasteiger charge is -2.24. The second-order valence-corrected chi connectivity index (χ2v) is 10.5. The average molecular weight is 491 g/mol. The molecule has 1 saturated carbocycles. The zero-order chi connectivity index (χ0) is 23.5. The number of hydrogen-bond donors (Lipinski definition) is 3. The highest BCUT2D eigenvalue weighted by molar-refractivity contribution is 7.21. The van der Waals surface area contributed by atoms with Crippen molar-refractivity contribution in [2.45, 2.75) is 44.3 Å². The summed E-state index contributed by atoms with van der Waals surface area (Å²) in [6.45, 7) is 3.78. The highest BCUT2D eigenvalue weighted by Crippen LogP contribution is 2.44. The van der Waals surface area contributed by atoms with Crippen LogP contribution in [-0.4, -0.2) is 64.8 Å². The first-order valence-electron chi connectivity index (χ1n) is 10.8. The van der Waals surface area contributed by atoms with Gasteiger partial charge in [0.15, 0.2) is 5.79 Å². The van der Waals surface area contributed by atoms with Gasteiger partial charge in [-0.1, -0.05) is 11.6 Å². The molecule has 2 aromatic heterocycles. The highest BCUT2D eigenvalue weighted by Gasteiger charge is 2.54. The Morgan fingerprint density at radius 2 is 2.00 bits per heavy atom. The van der Waals surface area contributed by atoms with Crippen LogP contribution < -0.4 is 16.0 Å². The summed E-state index contributed by atoms with van der Waals surface area (Å²) < 4.78 is 13.2. The van der Waals surface area contributed by atoms with Crippen LogP contribution in [0.1, 0.15) is 20.3 Å². The van der Waals surface area contributed by atoms with Gasteiger partial charge in [-0.3, -0.25) is 0 Å². The van der Waals surface area contributed by atoms with Crippen molar-refractivity contribution >= 4 is 50.6 Å². The Kier molecular flexibility index (Phi) is 5.61. The van der Waals surface area contributed by atoms with Gasteiger partial charge in [-0.25, -0.2) is 9.97 Å². The van der Waals surface area contributed by atoms with E-state index in [4.69, 9.17) is 31.8 Å². The number of nitrogens with zero attached hydrogens (tertiary/aromatic N) is 4. The van der Waals surface area contributed by atoms with Gasteiger partial charge in [-0.2, -0.15) is 4.98 Å². The van der Waals surface area contributed by atoms with Crippen LogP contribution in [0.3, 0.4) is 0 Å². The molecule has 5 rings (SSSR count). The van der Waals surface area contributed by atoms with E-state index in [1.165, 1.54) is 11.3 Å².